The molecular weight excluding hydrogens is 325 g/mol. The molecule has 0 atom stereocenters. The fourth-order valence-electron chi connectivity index (χ4n) is 2.52. The van der Waals surface area contributed by atoms with Crippen LogP contribution in [0, 0.1) is 5.82 Å². The first kappa shape index (κ1) is 16.2. The topological polar surface area (TPSA) is 37.4 Å². The second kappa shape index (κ2) is 6.45. The average Bonchev–Trinajstić information content (AvgIpc) is 2.60. The van der Waals surface area contributed by atoms with Crippen molar-refractivity contribution in [2.24, 2.45) is 0 Å². The van der Waals surface area contributed by atoms with E-state index in [1.807, 2.05) is 24.3 Å². The van der Waals surface area contributed by atoms with Crippen LogP contribution in [0.3, 0.4) is 0 Å². The zero-order valence-electron chi connectivity index (χ0n) is 12.9. The molecule has 3 aromatic carbocycles. The second-order valence-electron chi connectivity index (χ2n) is 5.31. The Morgan fingerprint density at radius 1 is 0.958 bits per heavy atom. The number of sulfonamides is 1. The summed E-state index contributed by atoms with van der Waals surface area (Å²) in [4.78, 5) is 0.187. The van der Waals surface area contributed by atoms with Crippen molar-refractivity contribution in [3.05, 3.63) is 85.2 Å². The molecule has 0 spiro atoms. The Balaban J connectivity index is 2.10. The van der Waals surface area contributed by atoms with Crippen LogP contribution in [0.15, 0.2) is 84.3 Å². The van der Waals surface area contributed by atoms with Crippen LogP contribution in [0.2, 0.25) is 0 Å². The Kier molecular flexibility index (Phi) is 4.36. The molecule has 0 heterocycles. The Labute approximate surface area is 140 Å². The third-order valence-corrected chi connectivity index (χ3v) is 5.51. The minimum Gasteiger partial charge on any atom is -0.263 e. The maximum Gasteiger partial charge on any atom is 0.264 e. The minimum atomic E-state index is -3.78. The van der Waals surface area contributed by atoms with Gasteiger partial charge in [0.05, 0.1) is 17.1 Å². The SMILES string of the molecule is C=CCN(c1ccc(F)cc1)S(=O)(=O)c1ccc2ccccc2c1. The van der Waals surface area contributed by atoms with Crippen molar-refractivity contribution >= 4 is 26.5 Å². The molecule has 3 nitrogen and oxygen atoms in total. The molecule has 24 heavy (non-hydrogen) atoms. The minimum absolute atomic E-state index is 0.0980. The summed E-state index contributed by atoms with van der Waals surface area (Å²) in [5, 5.41) is 1.81. The van der Waals surface area contributed by atoms with Crippen LogP contribution >= 0.6 is 0 Å². The third-order valence-electron chi connectivity index (χ3n) is 3.72. The number of nitrogens with zero attached hydrogens (tertiary/aromatic N) is 1. The van der Waals surface area contributed by atoms with E-state index in [4.69, 9.17) is 0 Å². The highest BCUT2D eigenvalue weighted by Gasteiger charge is 2.24. The first-order chi connectivity index (χ1) is 11.5. The van der Waals surface area contributed by atoms with Gasteiger partial charge >= 0.3 is 0 Å². The summed E-state index contributed by atoms with van der Waals surface area (Å²) < 4.78 is 40.4. The number of benzene rings is 3. The van der Waals surface area contributed by atoms with E-state index in [9.17, 15) is 12.8 Å². The summed E-state index contributed by atoms with van der Waals surface area (Å²) in [5.74, 6) is -0.416. The molecule has 3 aromatic rings. The first-order valence-corrected chi connectivity index (χ1v) is 8.84. The maximum atomic E-state index is 13.1. The molecular formula is C19H16FNO2S. The van der Waals surface area contributed by atoms with Crippen molar-refractivity contribution in [1.82, 2.24) is 0 Å². The van der Waals surface area contributed by atoms with Crippen molar-refractivity contribution in [3.8, 4) is 0 Å². The molecule has 0 bridgehead atoms. The van der Waals surface area contributed by atoms with Crippen molar-refractivity contribution in [1.29, 1.82) is 0 Å². The molecule has 0 radical (unpaired) electrons. The molecule has 3 rings (SSSR count). The lowest BCUT2D eigenvalue weighted by Gasteiger charge is -2.23. The van der Waals surface area contributed by atoms with Crippen LogP contribution < -0.4 is 4.31 Å². The summed E-state index contributed by atoms with van der Waals surface area (Å²) in [5.41, 5.74) is 0.393. The van der Waals surface area contributed by atoms with Crippen LogP contribution in [0.25, 0.3) is 10.8 Å². The summed E-state index contributed by atoms with van der Waals surface area (Å²) in [6.45, 7) is 3.72. The van der Waals surface area contributed by atoms with Crippen LogP contribution in [0.5, 0.6) is 0 Å². The van der Waals surface area contributed by atoms with Gasteiger partial charge in [-0.25, -0.2) is 12.8 Å². The number of rotatable bonds is 5. The van der Waals surface area contributed by atoms with Gasteiger partial charge in [0.2, 0.25) is 0 Å². The smallest absolute Gasteiger partial charge is 0.263 e. The van der Waals surface area contributed by atoms with Gasteiger partial charge in [-0.3, -0.25) is 4.31 Å². The van der Waals surface area contributed by atoms with Gasteiger partial charge in [0.25, 0.3) is 10.0 Å². The van der Waals surface area contributed by atoms with Crippen molar-refractivity contribution in [3.63, 3.8) is 0 Å². The van der Waals surface area contributed by atoms with Gasteiger partial charge < -0.3 is 0 Å². The lowest BCUT2D eigenvalue weighted by molar-refractivity contribution is 0.592. The van der Waals surface area contributed by atoms with Gasteiger partial charge in [0.15, 0.2) is 0 Å². The molecule has 0 amide bonds. The Bertz CT molecular complexity index is 982. The van der Waals surface area contributed by atoms with E-state index in [2.05, 4.69) is 6.58 Å². The average molecular weight is 341 g/mol. The molecule has 0 saturated carbocycles. The van der Waals surface area contributed by atoms with E-state index in [0.717, 1.165) is 10.8 Å². The summed E-state index contributed by atoms with van der Waals surface area (Å²) in [6, 6.07) is 17.9. The molecule has 0 saturated heterocycles. The predicted octanol–water partition coefficient (Wildman–Crippen LogP) is 4.36. The molecule has 0 aliphatic rings. The van der Waals surface area contributed by atoms with Crippen LogP contribution in [0.1, 0.15) is 0 Å². The van der Waals surface area contributed by atoms with Gasteiger partial charge in [-0.15, -0.1) is 6.58 Å². The fourth-order valence-corrected chi connectivity index (χ4v) is 3.99. The monoisotopic (exact) mass is 341 g/mol. The molecule has 122 valence electrons. The molecule has 5 heteroatoms. The third kappa shape index (κ3) is 3.03. The number of halogens is 1. The Hall–Kier alpha value is -2.66. The van der Waals surface area contributed by atoms with E-state index in [1.165, 1.54) is 34.6 Å². The lowest BCUT2D eigenvalue weighted by atomic mass is 10.1. The van der Waals surface area contributed by atoms with Crippen LogP contribution in [0.4, 0.5) is 10.1 Å². The van der Waals surface area contributed by atoms with Gasteiger partial charge in [0.1, 0.15) is 5.82 Å². The van der Waals surface area contributed by atoms with E-state index in [1.54, 1.807) is 18.2 Å². The Morgan fingerprint density at radius 3 is 2.29 bits per heavy atom. The van der Waals surface area contributed by atoms with Crippen LogP contribution in [-0.2, 0) is 10.0 Å². The summed E-state index contributed by atoms with van der Waals surface area (Å²) in [6.07, 6.45) is 1.50. The highest BCUT2D eigenvalue weighted by molar-refractivity contribution is 7.92. The highest BCUT2D eigenvalue weighted by atomic mass is 32.2. The highest BCUT2D eigenvalue weighted by Crippen LogP contribution is 2.26. The summed E-state index contributed by atoms with van der Waals surface area (Å²) >= 11 is 0. The van der Waals surface area contributed by atoms with Gasteiger partial charge in [-0.1, -0.05) is 36.4 Å². The largest absolute Gasteiger partial charge is 0.264 e. The summed E-state index contributed by atoms with van der Waals surface area (Å²) in [7, 11) is -3.78. The molecule has 0 fully saturated rings. The van der Waals surface area contributed by atoms with Crippen molar-refractivity contribution < 1.29 is 12.8 Å². The standard InChI is InChI=1S/C19H16FNO2S/c1-2-13-21(18-10-8-17(20)9-11-18)24(22,23)19-12-7-15-5-3-4-6-16(15)14-19/h2-12,14H,1,13H2. The van der Waals surface area contributed by atoms with E-state index in [0.29, 0.717) is 5.69 Å². The van der Waals surface area contributed by atoms with Gasteiger partial charge in [-0.2, -0.15) is 0 Å². The van der Waals surface area contributed by atoms with Crippen LogP contribution in [-0.4, -0.2) is 15.0 Å². The van der Waals surface area contributed by atoms with E-state index >= 15 is 0 Å². The van der Waals surface area contributed by atoms with Crippen molar-refractivity contribution in [2.45, 2.75) is 4.90 Å². The number of hydrogen-bond donors (Lipinski definition) is 0. The molecule has 0 aliphatic heterocycles. The predicted molar refractivity (Wildman–Crippen MR) is 95.1 cm³/mol. The quantitative estimate of drug-likeness (QED) is 0.647. The molecule has 0 unspecified atom stereocenters. The number of hydrogen-bond acceptors (Lipinski definition) is 2. The molecule has 0 N–H and O–H groups in total. The molecule has 0 aliphatic carbocycles. The van der Waals surface area contributed by atoms with E-state index < -0.39 is 15.8 Å². The number of anilines is 1. The van der Waals surface area contributed by atoms with Gasteiger partial charge in [-0.05, 0) is 47.2 Å². The second-order valence-corrected chi connectivity index (χ2v) is 7.17. The lowest BCUT2D eigenvalue weighted by Crippen LogP contribution is -2.31. The first-order valence-electron chi connectivity index (χ1n) is 7.40. The fraction of sp³-hybridized carbons (Fsp3) is 0.0526. The van der Waals surface area contributed by atoms with Gasteiger partial charge in [0, 0.05) is 0 Å². The number of fused-ring (bicyclic) bond motifs is 1. The maximum absolute atomic E-state index is 13.1. The zero-order chi connectivity index (χ0) is 17.2. The normalized spacial score (nSPS) is 11.4. The Morgan fingerprint density at radius 2 is 1.62 bits per heavy atom. The molecule has 0 aromatic heterocycles. The van der Waals surface area contributed by atoms with E-state index in [-0.39, 0.29) is 11.4 Å². The van der Waals surface area contributed by atoms with Crippen molar-refractivity contribution in [2.75, 3.05) is 10.8 Å². The zero-order valence-corrected chi connectivity index (χ0v) is 13.7.